The van der Waals surface area contributed by atoms with Gasteiger partial charge in [-0.05, 0) is 24.6 Å². The lowest BCUT2D eigenvalue weighted by Crippen LogP contribution is -2.42. The molecule has 1 aromatic rings. The zero-order chi connectivity index (χ0) is 17.3. The summed E-state index contributed by atoms with van der Waals surface area (Å²) in [5.41, 5.74) is 1.14. The molecule has 0 bridgehead atoms. The maximum atomic E-state index is 12.0. The number of esters is 2. The lowest BCUT2D eigenvalue weighted by molar-refractivity contribution is -0.148. The molecule has 0 fully saturated rings. The van der Waals surface area contributed by atoms with Crippen molar-refractivity contribution < 1.29 is 28.7 Å². The molecule has 1 heterocycles. The summed E-state index contributed by atoms with van der Waals surface area (Å²) in [7, 11) is 1.25. The summed E-state index contributed by atoms with van der Waals surface area (Å²) in [6, 6.07) is 4.55. The molecule has 122 valence electrons. The molecule has 0 aromatic heterocycles. The van der Waals surface area contributed by atoms with Gasteiger partial charge in [-0.3, -0.25) is 19.3 Å². The number of carbonyl (C=O) groups excluding carboxylic acids is 4. The van der Waals surface area contributed by atoms with Gasteiger partial charge in [-0.2, -0.15) is 0 Å². The predicted octanol–water partition coefficient (Wildman–Crippen LogP) is 1.40. The van der Waals surface area contributed by atoms with Crippen LogP contribution >= 0.6 is 0 Å². The van der Waals surface area contributed by atoms with Crippen molar-refractivity contribution in [1.82, 2.24) is 0 Å². The number of carbonyl (C=O) groups is 4. The van der Waals surface area contributed by atoms with Crippen molar-refractivity contribution in [3.63, 3.8) is 0 Å². The lowest BCUT2D eigenvalue weighted by Gasteiger charge is -2.26. The van der Waals surface area contributed by atoms with Gasteiger partial charge in [0.15, 0.2) is 6.23 Å². The standard InChI is InChI=1S/C16H17NO6/c1-8(18)14-12-6-5-11(16(21)22-4)7-13(12)17(9(2)19)15(14)23-10(3)20/h5-7,14-15H,1-4H3. The van der Waals surface area contributed by atoms with Crippen LogP contribution < -0.4 is 4.90 Å². The van der Waals surface area contributed by atoms with Crippen LogP contribution in [0.15, 0.2) is 18.2 Å². The number of rotatable bonds is 3. The number of fused-ring (bicyclic) bond motifs is 1. The van der Waals surface area contributed by atoms with E-state index in [1.54, 1.807) is 6.07 Å². The van der Waals surface area contributed by atoms with E-state index >= 15 is 0 Å². The van der Waals surface area contributed by atoms with Gasteiger partial charge in [-0.1, -0.05) is 6.07 Å². The summed E-state index contributed by atoms with van der Waals surface area (Å²) in [6.07, 6.45) is -1.05. The first-order chi connectivity index (χ1) is 10.8. The van der Waals surface area contributed by atoms with Gasteiger partial charge in [0.2, 0.25) is 5.91 Å². The van der Waals surface area contributed by atoms with E-state index in [0.717, 1.165) is 0 Å². The first-order valence-corrected chi connectivity index (χ1v) is 6.97. The number of hydrogen-bond acceptors (Lipinski definition) is 6. The van der Waals surface area contributed by atoms with Crippen LogP contribution in [0.2, 0.25) is 0 Å². The molecule has 0 saturated carbocycles. The van der Waals surface area contributed by atoms with Gasteiger partial charge >= 0.3 is 11.9 Å². The maximum Gasteiger partial charge on any atom is 0.337 e. The van der Waals surface area contributed by atoms with Crippen LogP contribution in [0.3, 0.4) is 0 Å². The average molecular weight is 319 g/mol. The Hall–Kier alpha value is -2.70. The highest BCUT2D eigenvalue weighted by Crippen LogP contribution is 2.42. The van der Waals surface area contributed by atoms with Gasteiger partial charge < -0.3 is 9.47 Å². The van der Waals surface area contributed by atoms with Gasteiger partial charge in [-0.15, -0.1) is 0 Å². The topological polar surface area (TPSA) is 90.0 Å². The summed E-state index contributed by atoms with van der Waals surface area (Å²) in [6.45, 7) is 3.87. The number of ketones is 1. The molecule has 2 rings (SSSR count). The number of anilines is 1. The average Bonchev–Trinajstić information content (AvgIpc) is 2.78. The van der Waals surface area contributed by atoms with Gasteiger partial charge in [-0.25, -0.2) is 4.79 Å². The van der Waals surface area contributed by atoms with Gasteiger partial charge in [0.05, 0.1) is 18.4 Å². The summed E-state index contributed by atoms with van der Waals surface area (Å²) in [5.74, 6) is -2.60. The second-order valence-electron chi connectivity index (χ2n) is 5.24. The molecule has 0 spiro atoms. The molecule has 23 heavy (non-hydrogen) atoms. The number of methoxy groups -OCH3 is 1. The van der Waals surface area contributed by atoms with Crippen molar-refractivity contribution in [2.45, 2.75) is 32.9 Å². The highest BCUT2D eigenvalue weighted by Gasteiger charge is 2.45. The molecule has 0 N–H and O–H groups in total. The fourth-order valence-electron chi connectivity index (χ4n) is 2.76. The van der Waals surface area contributed by atoms with Crippen LogP contribution in [0.25, 0.3) is 0 Å². The smallest absolute Gasteiger partial charge is 0.337 e. The van der Waals surface area contributed by atoms with E-state index in [1.807, 2.05) is 0 Å². The summed E-state index contributed by atoms with van der Waals surface area (Å²) < 4.78 is 9.86. The van der Waals surface area contributed by atoms with E-state index < -0.39 is 30.0 Å². The van der Waals surface area contributed by atoms with Crippen LogP contribution in [0.5, 0.6) is 0 Å². The summed E-state index contributed by atoms with van der Waals surface area (Å²) in [5, 5.41) is 0. The van der Waals surface area contributed by atoms with E-state index in [2.05, 4.69) is 4.74 Å². The first-order valence-electron chi connectivity index (χ1n) is 6.97. The van der Waals surface area contributed by atoms with E-state index in [1.165, 1.54) is 44.9 Å². The minimum Gasteiger partial charge on any atom is -0.465 e. The van der Waals surface area contributed by atoms with E-state index in [0.29, 0.717) is 11.3 Å². The Kier molecular flexibility index (Phi) is 4.49. The zero-order valence-corrected chi connectivity index (χ0v) is 13.3. The lowest BCUT2D eigenvalue weighted by atomic mass is 9.95. The molecule has 0 saturated heterocycles. The highest BCUT2D eigenvalue weighted by molar-refractivity contribution is 6.02. The fraction of sp³-hybridized carbons (Fsp3) is 0.375. The molecular formula is C16H17NO6. The number of Topliss-reactive ketones (excluding diaryl/α,β-unsaturated/α-hetero) is 1. The van der Waals surface area contributed by atoms with Crippen molar-refractivity contribution >= 4 is 29.3 Å². The molecule has 2 atom stereocenters. The maximum absolute atomic E-state index is 12.0. The number of nitrogens with zero attached hydrogens (tertiary/aromatic N) is 1. The fourth-order valence-corrected chi connectivity index (χ4v) is 2.76. The van der Waals surface area contributed by atoms with E-state index in [-0.39, 0.29) is 11.3 Å². The summed E-state index contributed by atoms with van der Waals surface area (Å²) in [4.78, 5) is 48.3. The highest BCUT2D eigenvalue weighted by atomic mass is 16.6. The minimum absolute atomic E-state index is 0.239. The van der Waals surface area contributed by atoms with Crippen molar-refractivity contribution in [2.75, 3.05) is 12.0 Å². The largest absolute Gasteiger partial charge is 0.465 e. The van der Waals surface area contributed by atoms with Crippen LogP contribution in [-0.4, -0.2) is 37.0 Å². The number of ether oxygens (including phenoxy) is 2. The third kappa shape index (κ3) is 2.94. The minimum atomic E-state index is -1.05. The Bertz CT molecular complexity index is 696. The second kappa shape index (κ2) is 6.20. The number of amides is 1. The van der Waals surface area contributed by atoms with Gasteiger partial charge in [0, 0.05) is 13.8 Å². The Labute approximate surface area is 133 Å². The number of hydrogen-bond donors (Lipinski definition) is 0. The van der Waals surface area contributed by atoms with Crippen LogP contribution in [0.1, 0.15) is 42.6 Å². The quantitative estimate of drug-likeness (QED) is 0.782. The van der Waals surface area contributed by atoms with Gasteiger partial charge in [0.25, 0.3) is 0 Å². The molecule has 0 radical (unpaired) electrons. The monoisotopic (exact) mass is 319 g/mol. The third-order valence-electron chi connectivity index (χ3n) is 3.65. The third-order valence-corrected chi connectivity index (χ3v) is 3.65. The van der Waals surface area contributed by atoms with E-state index in [9.17, 15) is 19.2 Å². The SMILES string of the molecule is COC(=O)c1ccc2c(c1)N(C(C)=O)C(OC(C)=O)C2C(C)=O. The Morgan fingerprint density at radius 3 is 2.22 bits per heavy atom. The molecule has 7 nitrogen and oxygen atoms in total. The van der Waals surface area contributed by atoms with Crippen molar-refractivity contribution in [2.24, 2.45) is 0 Å². The first kappa shape index (κ1) is 16.7. The Morgan fingerprint density at radius 1 is 1.09 bits per heavy atom. The Balaban J connectivity index is 2.61. The molecule has 1 aliphatic heterocycles. The van der Waals surface area contributed by atoms with Crippen LogP contribution in [0.4, 0.5) is 5.69 Å². The van der Waals surface area contributed by atoms with Crippen molar-refractivity contribution in [3.05, 3.63) is 29.3 Å². The Morgan fingerprint density at radius 2 is 1.74 bits per heavy atom. The van der Waals surface area contributed by atoms with Crippen molar-refractivity contribution in [1.29, 1.82) is 0 Å². The molecule has 1 amide bonds. The van der Waals surface area contributed by atoms with E-state index in [4.69, 9.17) is 4.74 Å². The molecule has 1 aliphatic rings. The summed E-state index contributed by atoms with van der Waals surface area (Å²) >= 11 is 0. The second-order valence-corrected chi connectivity index (χ2v) is 5.24. The zero-order valence-electron chi connectivity index (χ0n) is 13.3. The predicted molar refractivity (Wildman–Crippen MR) is 79.9 cm³/mol. The molecule has 0 aliphatic carbocycles. The van der Waals surface area contributed by atoms with Crippen LogP contribution in [0, 0.1) is 0 Å². The number of benzene rings is 1. The molecule has 7 heteroatoms. The van der Waals surface area contributed by atoms with Crippen molar-refractivity contribution in [3.8, 4) is 0 Å². The molecule has 2 unspecified atom stereocenters. The molecule has 1 aromatic carbocycles. The molecular weight excluding hydrogens is 302 g/mol. The normalized spacial score (nSPS) is 19.0. The van der Waals surface area contributed by atoms with Gasteiger partial charge in [0.1, 0.15) is 11.7 Å². The van der Waals surface area contributed by atoms with Crippen LogP contribution in [-0.2, 0) is 23.9 Å².